The first-order valence-electron chi connectivity index (χ1n) is 6.16. The Morgan fingerprint density at radius 2 is 1.37 bits per heavy atom. The zero-order valence-corrected chi connectivity index (χ0v) is 11.6. The van der Waals surface area contributed by atoms with Crippen molar-refractivity contribution in [3.63, 3.8) is 0 Å². The molecule has 0 spiro atoms. The van der Waals surface area contributed by atoms with E-state index >= 15 is 0 Å². The van der Waals surface area contributed by atoms with E-state index < -0.39 is 0 Å². The van der Waals surface area contributed by atoms with Crippen molar-refractivity contribution in [3.8, 4) is 12.3 Å². The molecule has 0 atom stereocenters. The molecule has 0 amide bonds. The fourth-order valence-electron chi connectivity index (χ4n) is 2.09. The minimum Gasteiger partial charge on any atom is -0.305 e. The van der Waals surface area contributed by atoms with Crippen LogP contribution in [0, 0.1) is 12.3 Å². The second-order valence-electron chi connectivity index (χ2n) is 4.21. The largest absolute Gasteiger partial charge is 0.305 e. The normalized spacial score (nSPS) is 9.68. The maximum atomic E-state index is 5.28. The van der Waals surface area contributed by atoms with Crippen LogP contribution in [0.15, 0.2) is 60.7 Å². The summed E-state index contributed by atoms with van der Waals surface area (Å²) in [5.74, 6) is 2.96. The summed E-state index contributed by atoms with van der Waals surface area (Å²) < 4.78 is 0. The molecule has 1 N–H and O–H groups in total. The van der Waals surface area contributed by atoms with Crippen LogP contribution < -0.4 is 5.32 Å². The van der Waals surface area contributed by atoms with Crippen LogP contribution in [0.2, 0.25) is 0 Å². The highest BCUT2D eigenvalue weighted by molar-refractivity contribution is 5.85. The standard InChI is InChI=1S/C17H17N.ClH/c1-2-13-18-14-17(15-9-5-3-6-10-15)16-11-7-4-8-12-16;/h1,3-12,17-18H,13-14H2;1H. The highest BCUT2D eigenvalue weighted by Crippen LogP contribution is 2.23. The van der Waals surface area contributed by atoms with E-state index in [9.17, 15) is 0 Å². The molecule has 2 aromatic carbocycles. The summed E-state index contributed by atoms with van der Waals surface area (Å²) >= 11 is 0. The lowest BCUT2D eigenvalue weighted by molar-refractivity contribution is 0.683. The monoisotopic (exact) mass is 271 g/mol. The van der Waals surface area contributed by atoms with Crippen LogP contribution in [0.4, 0.5) is 0 Å². The van der Waals surface area contributed by atoms with Crippen LogP contribution in [0.1, 0.15) is 17.0 Å². The molecule has 2 rings (SSSR count). The van der Waals surface area contributed by atoms with Crippen LogP contribution in [0.25, 0.3) is 0 Å². The van der Waals surface area contributed by atoms with E-state index in [0.29, 0.717) is 12.5 Å². The topological polar surface area (TPSA) is 12.0 Å². The third-order valence-corrected chi connectivity index (χ3v) is 2.98. The Bertz CT molecular complexity index is 462. The fraction of sp³-hybridized carbons (Fsp3) is 0.176. The van der Waals surface area contributed by atoms with Gasteiger partial charge in [0.1, 0.15) is 0 Å². The number of benzene rings is 2. The Hall–Kier alpha value is -1.75. The Labute approximate surface area is 121 Å². The molecule has 0 aliphatic rings. The zero-order chi connectivity index (χ0) is 12.6. The van der Waals surface area contributed by atoms with E-state index in [1.54, 1.807) is 0 Å². The van der Waals surface area contributed by atoms with Gasteiger partial charge in [-0.25, -0.2) is 0 Å². The van der Waals surface area contributed by atoms with Crippen molar-refractivity contribution in [2.75, 3.05) is 13.1 Å². The van der Waals surface area contributed by atoms with Gasteiger partial charge in [-0.15, -0.1) is 18.8 Å². The molecule has 0 bridgehead atoms. The molecule has 2 aromatic rings. The van der Waals surface area contributed by atoms with Gasteiger partial charge in [0, 0.05) is 12.5 Å². The van der Waals surface area contributed by atoms with Gasteiger partial charge in [-0.05, 0) is 11.1 Å². The molecule has 0 unspecified atom stereocenters. The molecule has 98 valence electrons. The van der Waals surface area contributed by atoms with E-state index in [-0.39, 0.29) is 12.4 Å². The molecule has 0 aromatic heterocycles. The molecule has 0 aliphatic carbocycles. The van der Waals surface area contributed by atoms with Gasteiger partial charge in [0.05, 0.1) is 6.54 Å². The Morgan fingerprint density at radius 1 is 0.895 bits per heavy atom. The molecule has 1 nitrogen and oxygen atoms in total. The van der Waals surface area contributed by atoms with Crippen molar-refractivity contribution in [2.45, 2.75) is 5.92 Å². The molecule has 2 heteroatoms. The van der Waals surface area contributed by atoms with Crippen LogP contribution in [-0.2, 0) is 0 Å². The minimum absolute atomic E-state index is 0. The van der Waals surface area contributed by atoms with Crippen LogP contribution in [-0.4, -0.2) is 13.1 Å². The highest BCUT2D eigenvalue weighted by atomic mass is 35.5. The smallest absolute Gasteiger partial charge is 0.0574 e. The Balaban J connectivity index is 0.00000180. The van der Waals surface area contributed by atoms with E-state index in [1.807, 2.05) is 12.1 Å². The number of terminal acetylenes is 1. The molecule has 0 aliphatic heterocycles. The van der Waals surface area contributed by atoms with E-state index in [1.165, 1.54) is 11.1 Å². The first-order chi connectivity index (χ1) is 8.92. The SMILES string of the molecule is C#CCNCC(c1ccccc1)c1ccccc1.Cl. The molecular weight excluding hydrogens is 254 g/mol. The van der Waals surface area contributed by atoms with Crippen LogP contribution >= 0.6 is 12.4 Å². The van der Waals surface area contributed by atoms with E-state index in [2.05, 4.69) is 59.8 Å². The molecule has 0 saturated heterocycles. The van der Waals surface area contributed by atoms with E-state index in [4.69, 9.17) is 6.42 Å². The maximum Gasteiger partial charge on any atom is 0.0574 e. The molecule has 0 radical (unpaired) electrons. The average Bonchev–Trinajstić information content (AvgIpc) is 2.46. The summed E-state index contributed by atoms with van der Waals surface area (Å²) in [6, 6.07) is 21.0. The van der Waals surface area contributed by atoms with Crippen LogP contribution in [0.5, 0.6) is 0 Å². The lowest BCUT2D eigenvalue weighted by Crippen LogP contribution is -2.22. The quantitative estimate of drug-likeness (QED) is 0.649. The van der Waals surface area contributed by atoms with Crippen molar-refractivity contribution >= 4 is 12.4 Å². The van der Waals surface area contributed by atoms with Gasteiger partial charge in [-0.1, -0.05) is 66.6 Å². The van der Waals surface area contributed by atoms with Crippen molar-refractivity contribution in [1.29, 1.82) is 0 Å². The number of rotatable bonds is 5. The second-order valence-corrected chi connectivity index (χ2v) is 4.21. The highest BCUT2D eigenvalue weighted by Gasteiger charge is 2.12. The number of hydrogen-bond acceptors (Lipinski definition) is 1. The van der Waals surface area contributed by atoms with Gasteiger partial charge < -0.3 is 5.32 Å². The minimum atomic E-state index is 0. The predicted octanol–water partition coefficient (Wildman–Crippen LogP) is 3.46. The van der Waals surface area contributed by atoms with Gasteiger partial charge in [0.2, 0.25) is 0 Å². The lowest BCUT2D eigenvalue weighted by Gasteiger charge is -2.18. The summed E-state index contributed by atoms with van der Waals surface area (Å²) in [5, 5.41) is 3.30. The summed E-state index contributed by atoms with van der Waals surface area (Å²) in [7, 11) is 0. The molecule has 0 heterocycles. The Morgan fingerprint density at radius 3 is 1.79 bits per heavy atom. The maximum absolute atomic E-state index is 5.28. The summed E-state index contributed by atoms with van der Waals surface area (Å²) in [4.78, 5) is 0. The Kier molecular flexibility index (Phi) is 6.74. The van der Waals surface area contributed by atoms with Gasteiger partial charge in [0.25, 0.3) is 0 Å². The molecule has 0 fully saturated rings. The van der Waals surface area contributed by atoms with Crippen molar-refractivity contribution in [3.05, 3.63) is 71.8 Å². The van der Waals surface area contributed by atoms with Gasteiger partial charge in [-0.3, -0.25) is 0 Å². The molecule has 0 saturated carbocycles. The number of hydrogen-bond donors (Lipinski definition) is 1. The molecule has 19 heavy (non-hydrogen) atoms. The summed E-state index contributed by atoms with van der Waals surface area (Å²) in [6.07, 6.45) is 5.28. The van der Waals surface area contributed by atoms with Gasteiger partial charge in [-0.2, -0.15) is 0 Å². The summed E-state index contributed by atoms with van der Waals surface area (Å²) in [6.45, 7) is 1.47. The number of halogens is 1. The first-order valence-corrected chi connectivity index (χ1v) is 6.16. The average molecular weight is 272 g/mol. The predicted molar refractivity (Wildman–Crippen MR) is 83.7 cm³/mol. The van der Waals surface area contributed by atoms with Crippen molar-refractivity contribution in [2.24, 2.45) is 0 Å². The lowest BCUT2D eigenvalue weighted by atomic mass is 9.91. The third kappa shape index (κ3) is 4.44. The second kappa shape index (κ2) is 8.37. The van der Waals surface area contributed by atoms with Gasteiger partial charge in [0.15, 0.2) is 0 Å². The number of nitrogens with one attached hydrogen (secondary N) is 1. The van der Waals surface area contributed by atoms with E-state index in [0.717, 1.165) is 6.54 Å². The van der Waals surface area contributed by atoms with Crippen molar-refractivity contribution in [1.82, 2.24) is 5.32 Å². The molecular formula is C17H18ClN. The first kappa shape index (κ1) is 15.3. The summed E-state index contributed by atoms with van der Waals surface area (Å²) in [5.41, 5.74) is 2.63. The zero-order valence-electron chi connectivity index (χ0n) is 10.8. The van der Waals surface area contributed by atoms with Gasteiger partial charge >= 0.3 is 0 Å². The third-order valence-electron chi connectivity index (χ3n) is 2.98. The fourth-order valence-corrected chi connectivity index (χ4v) is 2.09. The van der Waals surface area contributed by atoms with Crippen molar-refractivity contribution < 1.29 is 0 Å². The van der Waals surface area contributed by atoms with Crippen LogP contribution in [0.3, 0.4) is 0 Å².